The van der Waals surface area contributed by atoms with E-state index in [1.807, 2.05) is 0 Å². The van der Waals surface area contributed by atoms with Crippen molar-refractivity contribution in [2.75, 3.05) is 14.1 Å². The fourth-order valence-electron chi connectivity index (χ4n) is 0.711. The number of halogens is 1. The molecule has 0 spiro atoms. The number of hydrogen-bond acceptors (Lipinski definition) is 1. The number of urea groups is 1. The Kier molecular flexibility index (Phi) is 3.18. The zero-order valence-corrected chi connectivity index (χ0v) is 8.22. The standard InChI is InChI=1S/C9H10ClN2O/c1-12(2)9(13)11-8-5-3-7(10)4-6-8/h3-5H,1-2H3,(H,11,13). The minimum atomic E-state index is -0.182. The van der Waals surface area contributed by atoms with E-state index in [9.17, 15) is 4.79 Å². The summed E-state index contributed by atoms with van der Waals surface area (Å²) in [6.07, 6.45) is 5.00. The van der Waals surface area contributed by atoms with Crippen molar-refractivity contribution >= 4 is 17.6 Å². The first-order valence-corrected chi connectivity index (χ1v) is 4.13. The molecular weight excluding hydrogens is 188 g/mol. The van der Waals surface area contributed by atoms with Crippen LogP contribution in [0.4, 0.5) is 4.79 Å². The molecule has 0 saturated carbocycles. The van der Waals surface area contributed by atoms with E-state index in [1.165, 1.54) is 4.90 Å². The summed E-state index contributed by atoms with van der Waals surface area (Å²) in [5, 5.41) is 3.24. The summed E-state index contributed by atoms with van der Waals surface area (Å²) in [6.45, 7) is 0. The van der Waals surface area contributed by atoms with E-state index in [0.29, 0.717) is 11.1 Å². The van der Waals surface area contributed by atoms with Crippen LogP contribution in [0.25, 0.3) is 0 Å². The lowest BCUT2D eigenvalue weighted by molar-refractivity contribution is 0.220. The fourth-order valence-corrected chi connectivity index (χ4v) is 0.828. The minimum absolute atomic E-state index is 0.182. The average Bonchev–Trinajstić information content (AvgIpc) is 2.08. The predicted molar refractivity (Wildman–Crippen MR) is 52.1 cm³/mol. The molecule has 0 aromatic heterocycles. The van der Waals surface area contributed by atoms with E-state index in [0.717, 1.165) is 0 Å². The molecule has 4 heteroatoms. The number of carbonyl (C=O) groups is 1. The van der Waals surface area contributed by atoms with E-state index in [4.69, 9.17) is 11.6 Å². The SMILES string of the molecule is CN(C)C(=O)NC1=C=C[C](Cl)C=C1. The van der Waals surface area contributed by atoms with E-state index in [1.54, 1.807) is 32.3 Å². The van der Waals surface area contributed by atoms with Crippen LogP contribution in [0.5, 0.6) is 0 Å². The largest absolute Gasteiger partial charge is 0.331 e. The molecule has 0 bridgehead atoms. The zero-order chi connectivity index (χ0) is 9.84. The van der Waals surface area contributed by atoms with Crippen molar-refractivity contribution in [2.45, 2.75) is 0 Å². The van der Waals surface area contributed by atoms with Crippen LogP contribution >= 0.6 is 11.6 Å². The van der Waals surface area contributed by atoms with Crippen LogP contribution < -0.4 is 5.32 Å². The second kappa shape index (κ2) is 4.17. The molecule has 69 valence electrons. The number of carbonyl (C=O) groups excluding carboxylic acids is 1. The molecule has 0 aromatic carbocycles. The normalized spacial score (nSPS) is 15.5. The zero-order valence-electron chi connectivity index (χ0n) is 7.47. The van der Waals surface area contributed by atoms with Crippen LogP contribution in [0.15, 0.2) is 29.7 Å². The van der Waals surface area contributed by atoms with Crippen LogP contribution in [-0.2, 0) is 0 Å². The van der Waals surface area contributed by atoms with E-state index in [2.05, 4.69) is 11.0 Å². The Balaban J connectivity index is 2.62. The molecular formula is C9H10ClN2O. The van der Waals surface area contributed by atoms with E-state index >= 15 is 0 Å². The van der Waals surface area contributed by atoms with Crippen molar-refractivity contribution in [3.8, 4) is 0 Å². The van der Waals surface area contributed by atoms with Gasteiger partial charge in [-0.15, -0.1) is 11.6 Å². The molecule has 0 aliphatic heterocycles. The van der Waals surface area contributed by atoms with Gasteiger partial charge in [-0.1, -0.05) is 11.8 Å². The maximum absolute atomic E-state index is 11.2. The molecule has 13 heavy (non-hydrogen) atoms. The van der Waals surface area contributed by atoms with Crippen LogP contribution in [-0.4, -0.2) is 25.0 Å². The highest BCUT2D eigenvalue weighted by molar-refractivity contribution is 6.30. The van der Waals surface area contributed by atoms with Crippen LogP contribution in [0.1, 0.15) is 0 Å². The van der Waals surface area contributed by atoms with Gasteiger partial charge in [-0.25, -0.2) is 4.79 Å². The lowest BCUT2D eigenvalue weighted by Crippen LogP contribution is -2.33. The summed E-state index contributed by atoms with van der Waals surface area (Å²) >= 11 is 5.66. The number of allylic oxidation sites excluding steroid dienone is 2. The summed E-state index contributed by atoms with van der Waals surface area (Å²) in [6, 6.07) is -0.182. The lowest BCUT2D eigenvalue weighted by atomic mass is 10.2. The molecule has 0 heterocycles. The molecule has 0 aromatic rings. The van der Waals surface area contributed by atoms with Crippen molar-refractivity contribution in [3.05, 3.63) is 35.0 Å². The van der Waals surface area contributed by atoms with Crippen LogP contribution in [0, 0.1) is 5.38 Å². The number of nitrogens with one attached hydrogen (secondary N) is 1. The number of amides is 2. The first-order chi connectivity index (χ1) is 6.09. The van der Waals surface area contributed by atoms with E-state index in [-0.39, 0.29) is 6.03 Å². The third-order valence-corrected chi connectivity index (χ3v) is 1.66. The minimum Gasteiger partial charge on any atom is -0.331 e. The van der Waals surface area contributed by atoms with Crippen LogP contribution in [0.3, 0.4) is 0 Å². The Bertz CT molecular complexity index is 301. The number of nitrogens with zero attached hydrogens (tertiary/aromatic N) is 1. The van der Waals surface area contributed by atoms with Gasteiger partial charge < -0.3 is 10.2 Å². The van der Waals surface area contributed by atoms with Gasteiger partial charge in [-0.05, 0) is 12.2 Å². The third-order valence-electron chi connectivity index (χ3n) is 1.42. The molecule has 0 unspecified atom stereocenters. The summed E-state index contributed by atoms with van der Waals surface area (Å²) in [5.74, 6) is 0. The van der Waals surface area contributed by atoms with E-state index < -0.39 is 0 Å². The molecule has 1 rings (SSSR count). The smallest absolute Gasteiger partial charge is 0.321 e. The summed E-state index contributed by atoms with van der Waals surface area (Å²) in [4.78, 5) is 12.6. The summed E-state index contributed by atoms with van der Waals surface area (Å²) < 4.78 is 0. The van der Waals surface area contributed by atoms with Gasteiger partial charge in [0.05, 0.1) is 5.70 Å². The van der Waals surface area contributed by atoms with Crippen molar-refractivity contribution < 1.29 is 4.79 Å². The Morgan fingerprint density at radius 3 is 2.69 bits per heavy atom. The van der Waals surface area contributed by atoms with Crippen molar-refractivity contribution in [1.29, 1.82) is 0 Å². The van der Waals surface area contributed by atoms with Gasteiger partial charge in [-0.3, -0.25) is 0 Å². The van der Waals surface area contributed by atoms with Gasteiger partial charge in [0.1, 0.15) is 5.38 Å². The first-order valence-electron chi connectivity index (χ1n) is 3.75. The molecule has 0 atom stereocenters. The quantitative estimate of drug-likeness (QED) is 0.637. The Labute approximate surface area is 82.4 Å². The molecule has 1 aliphatic carbocycles. The molecule has 1 radical (unpaired) electrons. The van der Waals surface area contributed by atoms with Gasteiger partial charge >= 0.3 is 6.03 Å². The second-order valence-electron chi connectivity index (χ2n) is 2.75. The molecule has 0 fully saturated rings. The predicted octanol–water partition coefficient (Wildman–Crippen LogP) is 1.64. The summed E-state index contributed by atoms with van der Waals surface area (Å²) in [7, 11) is 3.34. The van der Waals surface area contributed by atoms with Gasteiger partial charge in [-0.2, -0.15) is 0 Å². The fraction of sp³-hybridized carbons (Fsp3) is 0.222. The second-order valence-corrected chi connectivity index (χ2v) is 3.18. The highest BCUT2D eigenvalue weighted by Gasteiger charge is 2.06. The van der Waals surface area contributed by atoms with Crippen molar-refractivity contribution in [2.24, 2.45) is 0 Å². The first kappa shape index (κ1) is 9.90. The highest BCUT2D eigenvalue weighted by Crippen LogP contribution is 2.14. The van der Waals surface area contributed by atoms with Crippen molar-refractivity contribution in [1.82, 2.24) is 10.2 Å². The highest BCUT2D eigenvalue weighted by atomic mass is 35.5. The third kappa shape index (κ3) is 2.98. The maximum atomic E-state index is 11.2. The van der Waals surface area contributed by atoms with Crippen molar-refractivity contribution in [3.63, 3.8) is 0 Å². The molecule has 0 saturated heterocycles. The van der Waals surface area contributed by atoms with Gasteiger partial charge in [0.2, 0.25) is 0 Å². The Morgan fingerprint density at radius 2 is 2.23 bits per heavy atom. The molecule has 3 nitrogen and oxygen atoms in total. The van der Waals surface area contributed by atoms with Gasteiger partial charge in [0, 0.05) is 14.1 Å². The summed E-state index contributed by atoms with van der Waals surface area (Å²) in [5.41, 5.74) is 3.45. The number of hydrogen-bond donors (Lipinski definition) is 1. The maximum Gasteiger partial charge on any atom is 0.321 e. The average molecular weight is 198 g/mol. The molecule has 1 aliphatic rings. The van der Waals surface area contributed by atoms with Gasteiger partial charge in [0.15, 0.2) is 0 Å². The Morgan fingerprint density at radius 1 is 1.54 bits per heavy atom. The topological polar surface area (TPSA) is 32.3 Å². The van der Waals surface area contributed by atoms with Crippen LogP contribution in [0.2, 0.25) is 0 Å². The van der Waals surface area contributed by atoms with Gasteiger partial charge in [0.25, 0.3) is 0 Å². The monoisotopic (exact) mass is 197 g/mol. The molecule has 1 N–H and O–H groups in total. The molecule has 2 amide bonds. The number of rotatable bonds is 1. The lowest BCUT2D eigenvalue weighted by Gasteiger charge is -2.12. The Hall–Kier alpha value is -1.18.